The van der Waals surface area contributed by atoms with Gasteiger partial charge < -0.3 is 15.8 Å². The van der Waals surface area contributed by atoms with E-state index < -0.39 is 18.4 Å². The summed E-state index contributed by atoms with van der Waals surface area (Å²) < 4.78 is 29.7. The van der Waals surface area contributed by atoms with Gasteiger partial charge in [0.1, 0.15) is 5.69 Å². The Kier molecular flexibility index (Phi) is 7.68. The molecule has 1 aromatic rings. The zero-order valence-electron chi connectivity index (χ0n) is 12.2. The van der Waals surface area contributed by atoms with Crippen LogP contribution in [0.15, 0.2) is 12.3 Å². The standard InChI is InChI=1S/C11H15F2N3O2.C2H6/c1-11(12,13)6-15-4-7-3-9(10(17)18-2)16-5-8(7)14;1-2/h3,5,15H,4,6,14H2,1-2H3;1-2H3. The van der Waals surface area contributed by atoms with Crippen LogP contribution in [0.5, 0.6) is 0 Å². The van der Waals surface area contributed by atoms with Crippen molar-refractivity contribution in [2.45, 2.75) is 33.2 Å². The Morgan fingerprint density at radius 3 is 2.60 bits per heavy atom. The van der Waals surface area contributed by atoms with Gasteiger partial charge in [-0.25, -0.2) is 18.6 Å². The van der Waals surface area contributed by atoms with Crippen LogP contribution in [0.3, 0.4) is 0 Å². The van der Waals surface area contributed by atoms with E-state index in [2.05, 4.69) is 15.0 Å². The third-order valence-corrected chi connectivity index (χ3v) is 2.17. The fourth-order valence-electron chi connectivity index (χ4n) is 1.29. The summed E-state index contributed by atoms with van der Waals surface area (Å²) in [5.41, 5.74) is 6.58. The summed E-state index contributed by atoms with van der Waals surface area (Å²) in [6.45, 7) is 4.47. The van der Waals surface area contributed by atoms with E-state index in [0.717, 1.165) is 6.92 Å². The quantitative estimate of drug-likeness (QED) is 0.813. The number of nitrogens with one attached hydrogen (secondary N) is 1. The summed E-state index contributed by atoms with van der Waals surface area (Å²) in [5, 5.41) is 2.56. The number of carbonyl (C=O) groups excluding carboxylic acids is 1. The van der Waals surface area contributed by atoms with Crippen LogP contribution in [-0.2, 0) is 11.3 Å². The van der Waals surface area contributed by atoms with Crippen molar-refractivity contribution in [2.24, 2.45) is 0 Å². The average Bonchev–Trinajstić information content (AvgIpc) is 2.41. The van der Waals surface area contributed by atoms with Gasteiger partial charge in [0, 0.05) is 13.5 Å². The summed E-state index contributed by atoms with van der Waals surface area (Å²) in [6.07, 6.45) is 1.30. The van der Waals surface area contributed by atoms with Gasteiger partial charge in [-0.2, -0.15) is 0 Å². The van der Waals surface area contributed by atoms with E-state index in [1.54, 1.807) is 0 Å². The van der Waals surface area contributed by atoms with Crippen LogP contribution in [0, 0.1) is 0 Å². The second kappa shape index (κ2) is 8.42. The number of hydrogen-bond acceptors (Lipinski definition) is 5. The lowest BCUT2D eigenvalue weighted by Gasteiger charge is -2.12. The van der Waals surface area contributed by atoms with Gasteiger partial charge in [-0.05, 0) is 11.6 Å². The first-order valence-electron chi connectivity index (χ1n) is 6.25. The fraction of sp³-hybridized carbons (Fsp3) is 0.538. The van der Waals surface area contributed by atoms with Crippen LogP contribution < -0.4 is 11.1 Å². The lowest BCUT2D eigenvalue weighted by atomic mass is 10.2. The van der Waals surface area contributed by atoms with Crippen molar-refractivity contribution in [2.75, 3.05) is 19.4 Å². The topological polar surface area (TPSA) is 77.2 Å². The zero-order chi connectivity index (χ0) is 15.8. The number of alkyl halides is 2. The Labute approximate surface area is 117 Å². The molecule has 0 saturated carbocycles. The second-order valence-electron chi connectivity index (χ2n) is 3.93. The van der Waals surface area contributed by atoms with Gasteiger partial charge in [-0.1, -0.05) is 13.8 Å². The Balaban J connectivity index is 0.00000172. The molecule has 7 heteroatoms. The molecule has 0 radical (unpaired) electrons. The predicted molar refractivity (Wildman–Crippen MR) is 73.7 cm³/mol. The molecule has 0 bridgehead atoms. The number of halogens is 2. The molecule has 3 N–H and O–H groups in total. The van der Waals surface area contributed by atoms with Crippen LogP contribution in [0.4, 0.5) is 14.5 Å². The molecule has 20 heavy (non-hydrogen) atoms. The molecule has 0 saturated heterocycles. The van der Waals surface area contributed by atoms with Gasteiger partial charge in [0.2, 0.25) is 0 Å². The maximum atomic E-state index is 12.6. The third kappa shape index (κ3) is 6.42. The number of methoxy groups -OCH3 is 1. The molecule has 1 rings (SSSR count). The number of nitrogen functional groups attached to an aromatic ring is 1. The molecule has 1 aromatic heterocycles. The smallest absolute Gasteiger partial charge is 0.356 e. The summed E-state index contributed by atoms with van der Waals surface area (Å²) in [7, 11) is 1.23. The molecule has 114 valence electrons. The molecule has 0 aliphatic heterocycles. The molecule has 0 aliphatic rings. The Bertz CT molecular complexity index is 434. The van der Waals surface area contributed by atoms with E-state index in [1.165, 1.54) is 19.4 Å². The van der Waals surface area contributed by atoms with E-state index >= 15 is 0 Å². The molecule has 1 heterocycles. The first kappa shape index (κ1) is 18.2. The minimum Gasteiger partial charge on any atom is -0.464 e. The number of ether oxygens (including phenoxy) is 1. The van der Waals surface area contributed by atoms with Crippen molar-refractivity contribution in [1.82, 2.24) is 10.3 Å². The highest BCUT2D eigenvalue weighted by Gasteiger charge is 2.20. The number of esters is 1. The number of nitrogens with zero attached hydrogens (tertiary/aromatic N) is 1. The fourth-order valence-corrected chi connectivity index (χ4v) is 1.29. The molecule has 5 nitrogen and oxygen atoms in total. The van der Waals surface area contributed by atoms with Crippen molar-refractivity contribution in [1.29, 1.82) is 0 Å². The number of nitrogens with two attached hydrogens (primary N) is 1. The normalized spacial score (nSPS) is 10.5. The molecule has 0 aromatic carbocycles. The molecule has 0 spiro atoms. The highest BCUT2D eigenvalue weighted by Crippen LogP contribution is 2.14. The van der Waals surface area contributed by atoms with Crippen molar-refractivity contribution in [3.05, 3.63) is 23.5 Å². The van der Waals surface area contributed by atoms with Gasteiger partial charge in [0.25, 0.3) is 5.92 Å². The summed E-state index contributed by atoms with van der Waals surface area (Å²) in [6, 6.07) is 1.42. The average molecular weight is 289 g/mol. The number of hydrogen-bond donors (Lipinski definition) is 2. The summed E-state index contributed by atoms with van der Waals surface area (Å²) >= 11 is 0. The summed E-state index contributed by atoms with van der Waals surface area (Å²) in [5.74, 6) is -3.40. The largest absolute Gasteiger partial charge is 0.464 e. The van der Waals surface area contributed by atoms with Crippen LogP contribution in [0.2, 0.25) is 0 Å². The van der Waals surface area contributed by atoms with Crippen molar-refractivity contribution in [3.8, 4) is 0 Å². The number of rotatable bonds is 5. The van der Waals surface area contributed by atoms with Crippen LogP contribution in [-0.4, -0.2) is 30.5 Å². The van der Waals surface area contributed by atoms with Gasteiger partial charge in [-0.15, -0.1) is 0 Å². The first-order chi connectivity index (χ1) is 9.33. The van der Waals surface area contributed by atoms with Crippen molar-refractivity contribution >= 4 is 11.7 Å². The van der Waals surface area contributed by atoms with E-state index in [-0.39, 0.29) is 12.2 Å². The number of anilines is 1. The maximum absolute atomic E-state index is 12.6. The van der Waals surface area contributed by atoms with Crippen molar-refractivity contribution < 1.29 is 18.3 Å². The van der Waals surface area contributed by atoms with Gasteiger partial charge >= 0.3 is 5.97 Å². The minimum atomic E-state index is -2.80. The van der Waals surface area contributed by atoms with E-state index in [4.69, 9.17) is 5.73 Å². The SMILES string of the molecule is CC.COC(=O)c1cc(CNCC(C)(F)F)c(N)cn1. The number of carbonyl (C=O) groups is 1. The highest BCUT2D eigenvalue weighted by atomic mass is 19.3. The van der Waals surface area contributed by atoms with E-state index in [1.807, 2.05) is 13.8 Å². The molecule has 0 amide bonds. The molecular weight excluding hydrogens is 268 g/mol. The Hall–Kier alpha value is -1.76. The summed E-state index contributed by atoms with van der Waals surface area (Å²) in [4.78, 5) is 15.0. The van der Waals surface area contributed by atoms with Crippen LogP contribution >= 0.6 is 0 Å². The molecule has 0 unspecified atom stereocenters. The zero-order valence-corrected chi connectivity index (χ0v) is 12.2. The third-order valence-electron chi connectivity index (χ3n) is 2.17. The lowest BCUT2D eigenvalue weighted by Crippen LogP contribution is -2.29. The number of pyridine rings is 1. The Morgan fingerprint density at radius 2 is 2.10 bits per heavy atom. The molecular formula is C13H21F2N3O2. The van der Waals surface area contributed by atoms with Crippen LogP contribution in [0.25, 0.3) is 0 Å². The van der Waals surface area contributed by atoms with Gasteiger partial charge in [-0.3, -0.25) is 0 Å². The lowest BCUT2D eigenvalue weighted by molar-refractivity contribution is 0.0224. The second-order valence-corrected chi connectivity index (χ2v) is 3.93. The Morgan fingerprint density at radius 1 is 1.50 bits per heavy atom. The van der Waals surface area contributed by atoms with E-state index in [0.29, 0.717) is 11.3 Å². The van der Waals surface area contributed by atoms with Crippen LogP contribution in [0.1, 0.15) is 36.8 Å². The van der Waals surface area contributed by atoms with Crippen molar-refractivity contribution in [3.63, 3.8) is 0 Å². The molecule has 0 atom stereocenters. The monoisotopic (exact) mass is 289 g/mol. The minimum absolute atomic E-state index is 0.0896. The maximum Gasteiger partial charge on any atom is 0.356 e. The highest BCUT2D eigenvalue weighted by molar-refractivity contribution is 5.87. The van der Waals surface area contributed by atoms with E-state index in [9.17, 15) is 13.6 Å². The predicted octanol–water partition coefficient (Wildman–Crippen LogP) is 2.22. The first-order valence-corrected chi connectivity index (χ1v) is 6.25. The van der Waals surface area contributed by atoms with Gasteiger partial charge in [0.15, 0.2) is 0 Å². The molecule has 0 aliphatic carbocycles. The molecule has 0 fully saturated rings. The van der Waals surface area contributed by atoms with Gasteiger partial charge in [0.05, 0.1) is 25.5 Å². The number of aromatic nitrogens is 1.